The van der Waals surface area contributed by atoms with Crippen LogP contribution in [0.25, 0.3) is 0 Å². The molecular weight excluding hydrogens is 256 g/mol. The van der Waals surface area contributed by atoms with Crippen molar-refractivity contribution in [2.24, 2.45) is 14.1 Å². The predicted molar refractivity (Wildman–Crippen MR) is 76.8 cm³/mol. The molecule has 0 unspecified atom stereocenters. The molecule has 1 heterocycles. The Labute approximate surface area is 117 Å². The summed E-state index contributed by atoms with van der Waals surface area (Å²) < 4.78 is 2.32. The first-order valence-electron chi connectivity index (χ1n) is 7.03. The molecular formula is C14H20N4O2. The van der Waals surface area contributed by atoms with Gasteiger partial charge in [0.25, 0.3) is 5.56 Å². The van der Waals surface area contributed by atoms with Crippen molar-refractivity contribution in [1.29, 1.82) is 5.26 Å². The summed E-state index contributed by atoms with van der Waals surface area (Å²) in [5.41, 5.74) is -0.935. The Kier molecular flexibility index (Phi) is 4.28. The molecule has 1 aliphatic carbocycles. The lowest BCUT2D eigenvalue weighted by molar-refractivity contribution is 0.602. The lowest BCUT2D eigenvalue weighted by Gasteiger charge is -2.20. The molecule has 0 bridgehead atoms. The Morgan fingerprint density at radius 3 is 2.25 bits per heavy atom. The van der Waals surface area contributed by atoms with Gasteiger partial charge in [0, 0.05) is 20.1 Å². The highest BCUT2D eigenvalue weighted by Crippen LogP contribution is 2.21. The van der Waals surface area contributed by atoms with Crippen molar-refractivity contribution in [2.75, 3.05) is 5.32 Å². The van der Waals surface area contributed by atoms with Crippen LogP contribution in [-0.2, 0) is 14.1 Å². The number of rotatable bonds is 2. The van der Waals surface area contributed by atoms with E-state index in [0.717, 1.165) is 30.3 Å². The van der Waals surface area contributed by atoms with Crippen molar-refractivity contribution in [3.05, 3.63) is 26.4 Å². The zero-order chi connectivity index (χ0) is 14.7. The van der Waals surface area contributed by atoms with Crippen LogP contribution in [-0.4, -0.2) is 15.2 Å². The Balaban J connectivity index is 2.43. The van der Waals surface area contributed by atoms with E-state index >= 15 is 0 Å². The Morgan fingerprint density at radius 1 is 1.10 bits per heavy atom. The summed E-state index contributed by atoms with van der Waals surface area (Å²) in [5, 5.41) is 12.5. The molecule has 0 atom stereocenters. The van der Waals surface area contributed by atoms with Gasteiger partial charge in [-0.3, -0.25) is 13.9 Å². The Hall–Kier alpha value is -2.03. The highest BCUT2D eigenvalue weighted by Gasteiger charge is 2.19. The van der Waals surface area contributed by atoms with Crippen LogP contribution in [0.15, 0.2) is 9.59 Å². The van der Waals surface area contributed by atoms with Crippen LogP contribution in [0, 0.1) is 11.3 Å². The molecule has 0 aliphatic heterocycles. The molecule has 0 radical (unpaired) electrons. The molecule has 1 fully saturated rings. The van der Waals surface area contributed by atoms with Crippen LogP contribution in [0.2, 0.25) is 0 Å². The molecule has 1 aromatic heterocycles. The third-order valence-corrected chi connectivity index (χ3v) is 3.97. The standard InChI is InChI=1S/C14H20N4O2/c1-17-12(16-10-7-5-3-4-6-8-10)11(9-15)13(19)18(2)14(17)20/h10,16H,3-8H2,1-2H3. The van der Waals surface area contributed by atoms with Gasteiger partial charge in [-0.1, -0.05) is 25.7 Å². The minimum Gasteiger partial charge on any atom is -0.367 e. The zero-order valence-electron chi connectivity index (χ0n) is 12.0. The van der Waals surface area contributed by atoms with Gasteiger partial charge in [-0.15, -0.1) is 0 Å². The molecule has 0 amide bonds. The highest BCUT2D eigenvalue weighted by atomic mass is 16.2. The summed E-state index contributed by atoms with van der Waals surface area (Å²) in [6, 6.07) is 2.15. The first-order valence-corrected chi connectivity index (χ1v) is 7.03. The maximum Gasteiger partial charge on any atom is 0.332 e. The van der Waals surface area contributed by atoms with Gasteiger partial charge in [-0.2, -0.15) is 5.26 Å². The van der Waals surface area contributed by atoms with Gasteiger partial charge in [0.2, 0.25) is 0 Å². The van der Waals surface area contributed by atoms with E-state index in [4.69, 9.17) is 0 Å². The minimum atomic E-state index is -0.535. The number of anilines is 1. The van der Waals surface area contributed by atoms with Crippen molar-refractivity contribution >= 4 is 5.82 Å². The van der Waals surface area contributed by atoms with Crippen molar-refractivity contribution in [2.45, 2.75) is 44.6 Å². The topological polar surface area (TPSA) is 79.8 Å². The zero-order valence-corrected chi connectivity index (χ0v) is 12.0. The second kappa shape index (κ2) is 5.95. The van der Waals surface area contributed by atoms with Crippen molar-refractivity contribution in [1.82, 2.24) is 9.13 Å². The van der Waals surface area contributed by atoms with E-state index in [1.807, 2.05) is 6.07 Å². The van der Waals surface area contributed by atoms with Crippen LogP contribution >= 0.6 is 0 Å². The average molecular weight is 276 g/mol. The maximum absolute atomic E-state index is 12.0. The number of hydrogen-bond acceptors (Lipinski definition) is 4. The third-order valence-electron chi connectivity index (χ3n) is 3.97. The summed E-state index contributed by atoms with van der Waals surface area (Å²) in [4.78, 5) is 24.0. The van der Waals surface area contributed by atoms with Crippen LogP contribution in [0.1, 0.15) is 44.1 Å². The first kappa shape index (κ1) is 14.4. The Morgan fingerprint density at radius 2 is 1.70 bits per heavy atom. The lowest BCUT2D eigenvalue weighted by atomic mass is 10.1. The van der Waals surface area contributed by atoms with Gasteiger partial charge in [-0.05, 0) is 12.8 Å². The molecule has 108 valence electrons. The number of aromatic nitrogens is 2. The molecule has 0 spiro atoms. The first-order chi connectivity index (χ1) is 9.56. The summed E-state index contributed by atoms with van der Waals surface area (Å²) >= 11 is 0. The number of nitrogens with zero attached hydrogens (tertiary/aromatic N) is 3. The number of nitriles is 1. The van der Waals surface area contributed by atoms with Gasteiger partial charge in [0.1, 0.15) is 11.9 Å². The van der Waals surface area contributed by atoms with E-state index in [1.165, 1.54) is 24.5 Å². The smallest absolute Gasteiger partial charge is 0.332 e. The van der Waals surface area contributed by atoms with E-state index in [0.29, 0.717) is 5.82 Å². The third kappa shape index (κ3) is 2.62. The van der Waals surface area contributed by atoms with E-state index in [-0.39, 0.29) is 11.6 Å². The SMILES string of the molecule is Cn1c(NC2CCCCCC2)c(C#N)c(=O)n(C)c1=O. The fourth-order valence-corrected chi connectivity index (χ4v) is 2.73. The Bertz CT molecular complexity index is 643. The maximum atomic E-state index is 12.0. The van der Waals surface area contributed by atoms with Crippen LogP contribution in [0.5, 0.6) is 0 Å². The fraction of sp³-hybridized carbons (Fsp3) is 0.643. The molecule has 0 saturated heterocycles. The second-order valence-electron chi connectivity index (χ2n) is 5.37. The van der Waals surface area contributed by atoms with E-state index in [2.05, 4.69) is 5.32 Å². The van der Waals surface area contributed by atoms with E-state index in [1.54, 1.807) is 7.05 Å². The predicted octanol–water partition coefficient (Wildman–Crippen LogP) is 1.09. The van der Waals surface area contributed by atoms with Crippen molar-refractivity contribution < 1.29 is 0 Å². The van der Waals surface area contributed by atoms with Gasteiger partial charge in [0.05, 0.1) is 0 Å². The van der Waals surface area contributed by atoms with Gasteiger partial charge in [-0.25, -0.2) is 4.79 Å². The van der Waals surface area contributed by atoms with Gasteiger partial charge < -0.3 is 5.32 Å². The summed E-state index contributed by atoms with van der Waals surface area (Å²) in [7, 11) is 2.97. The molecule has 0 aromatic carbocycles. The average Bonchev–Trinajstić information content (AvgIpc) is 2.71. The number of nitrogens with one attached hydrogen (secondary N) is 1. The molecule has 1 aliphatic rings. The van der Waals surface area contributed by atoms with Crippen LogP contribution in [0.3, 0.4) is 0 Å². The summed E-state index contributed by atoms with van der Waals surface area (Å²) in [6.07, 6.45) is 6.73. The second-order valence-corrected chi connectivity index (χ2v) is 5.37. The van der Waals surface area contributed by atoms with E-state index in [9.17, 15) is 14.9 Å². The van der Waals surface area contributed by atoms with Gasteiger partial charge >= 0.3 is 5.69 Å². The molecule has 1 N–H and O–H groups in total. The summed E-state index contributed by atoms with van der Waals surface area (Å²) in [6.45, 7) is 0. The lowest BCUT2D eigenvalue weighted by Crippen LogP contribution is -2.40. The number of hydrogen-bond donors (Lipinski definition) is 1. The van der Waals surface area contributed by atoms with E-state index < -0.39 is 11.2 Å². The highest BCUT2D eigenvalue weighted by molar-refractivity contribution is 5.51. The molecule has 6 heteroatoms. The van der Waals surface area contributed by atoms with Crippen molar-refractivity contribution in [3.8, 4) is 6.07 Å². The van der Waals surface area contributed by atoms with Crippen LogP contribution < -0.4 is 16.6 Å². The molecule has 1 aromatic rings. The summed E-state index contributed by atoms with van der Waals surface area (Å²) in [5.74, 6) is 0.354. The molecule has 2 rings (SSSR count). The normalized spacial score (nSPS) is 16.4. The molecule has 20 heavy (non-hydrogen) atoms. The minimum absolute atomic E-state index is 0.0128. The van der Waals surface area contributed by atoms with Crippen LogP contribution in [0.4, 0.5) is 5.82 Å². The molecule has 1 saturated carbocycles. The van der Waals surface area contributed by atoms with Gasteiger partial charge in [0.15, 0.2) is 5.56 Å². The largest absolute Gasteiger partial charge is 0.367 e. The quantitative estimate of drug-likeness (QED) is 0.820. The monoisotopic (exact) mass is 276 g/mol. The molecule has 6 nitrogen and oxygen atoms in total. The van der Waals surface area contributed by atoms with Crippen molar-refractivity contribution in [3.63, 3.8) is 0 Å². The fourth-order valence-electron chi connectivity index (χ4n) is 2.73.